The van der Waals surface area contributed by atoms with Crippen LogP contribution in [0.2, 0.25) is 0 Å². The number of benzene rings is 2. The largest absolute Gasteiger partial charge is 0.489 e. The molecule has 0 spiro atoms. The quantitative estimate of drug-likeness (QED) is 0.331. The Morgan fingerprint density at radius 3 is 2.54 bits per heavy atom. The fraction of sp³-hybridized carbons (Fsp3) is 0.207. The molecule has 0 radical (unpaired) electrons. The number of hydrogen-bond donors (Lipinski definition) is 1. The van der Waals surface area contributed by atoms with Crippen LogP contribution in [-0.2, 0) is 20.1 Å². The highest BCUT2D eigenvalue weighted by molar-refractivity contribution is 5.68. The molecule has 194 valence electrons. The molecule has 5 heterocycles. The maximum atomic E-state index is 6.10. The first kappa shape index (κ1) is 23.2. The van der Waals surface area contributed by atoms with Crippen molar-refractivity contribution in [1.82, 2.24) is 39.6 Å². The van der Waals surface area contributed by atoms with Gasteiger partial charge in [0.05, 0.1) is 17.7 Å². The molecule has 1 aliphatic rings. The molecule has 10 heteroatoms. The number of nitrogens with zero attached hydrogens (tertiary/aromatic N) is 7. The van der Waals surface area contributed by atoms with Gasteiger partial charge in [-0.25, -0.2) is 14.5 Å². The smallest absolute Gasteiger partial charge is 0.244 e. The first-order valence-corrected chi connectivity index (χ1v) is 12.8. The fourth-order valence-corrected chi connectivity index (χ4v) is 5.05. The average molecular weight is 519 g/mol. The van der Waals surface area contributed by atoms with E-state index in [1.807, 2.05) is 62.8 Å². The van der Waals surface area contributed by atoms with Crippen molar-refractivity contribution in [3.8, 4) is 28.9 Å². The molecular weight excluding hydrogens is 492 g/mol. The summed E-state index contributed by atoms with van der Waals surface area (Å²) < 4.78 is 15.6. The molecule has 2 aromatic carbocycles. The number of hydrogen-bond acceptors (Lipinski definition) is 7. The molecule has 1 unspecified atom stereocenters. The summed E-state index contributed by atoms with van der Waals surface area (Å²) in [5.41, 5.74) is 7.64. The molecule has 1 aliphatic heterocycles. The van der Waals surface area contributed by atoms with Gasteiger partial charge in [0.25, 0.3) is 0 Å². The molecule has 0 bridgehead atoms. The highest BCUT2D eigenvalue weighted by atomic mass is 16.5. The maximum absolute atomic E-state index is 6.10. The Bertz CT molecular complexity index is 1800. The molecule has 0 amide bonds. The van der Waals surface area contributed by atoms with Crippen LogP contribution in [0.4, 0.5) is 0 Å². The van der Waals surface area contributed by atoms with E-state index in [9.17, 15) is 0 Å². The third-order valence-corrected chi connectivity index (χ3v) is 7.12. The van der Waals surface area contributed by atoms with Crippen LogP contribution in [0.25, 0.3) is 17.0 Å². The van der Waals surface area contributed by atoms with Gasteiger partial charge in [0.2, 0.25) is 11.8 Å². The second kappa shape index (κ2) is 9.09. The lowest BCUT2D eigenvalue weighted by Crippen LogP contribution is -2.14. The summed E-state index contributed by atoms with van der Waals surface area (Å²) in [6.45, 7) is 4.61. The zero-order valence-corrected chi connectivity index (χ0v) is 21.8. The molecule has 0 aliphatic carbocycles. The molecule has 1 N–H and O–H groups in total. The first-order valence-electron chi connectivity index (χ1n) is 12.8. The van der Waals surface area contributed by atoms with Crippen molar-refractivity contribution in [3.05, 3.63) is 101 Å². The van der Waals surface area contributed by atoms with Crippen LogP contribution in [0.3, 0.4) is 0 Å². The minimum Gasteiger partial charge on any atom is -0.489 e. The molecule has 1 atom stereocenters. The van der Waals surface area contributed by atoms with Crippen LogP contribution in [0.15, 0.2) is 67.3 Å². The van der Waals surface area contributed by atoms with Crippen molar-refractivity contribution in [2.45, 2.75) is 32.8 Å². The van der Waals surface area contributed by atoms with Gasteiger partial charge < -0.3 is 9.47 Å². The summed E-state index contributed by atoms with van der Waals surface area (Å²) in [7, 11) is 1.90. The number of ether oxygens (including phenoxy) is 2. The summed E-state index contributed by atoms with van der Waals surface area (Å²) in [6, 6.07) is 16.3. The summed E-state index contributed by atoms with van der Waals surface area (Å²) in [5, 5.41) is 16.5. The van der Waals surface area contributed by atoms with E-state index in [4.69, 9.17) is 19.6 Å². The molecule has 39 heavy (non-hydrogen) atoms. The Kier molecular flexibility index (Phi) is 5.39. The monoisotopic (exact) mass is 518 g/mol. The lowest BCUT2D eigenvalue weighted by molar-refractivity contribution is 0.306. The number of aromatic amines is 1. The number of H-pyrrole nitrogens is 1. The van der Waals surface area contributed by atoms with Gasteiger partial charge in [-0.05, 0) is 36.6 Å². The average Bonchev–Trinajstić information content (AvgIpc) is 3.69. The third-order valence-electron chi connectivity index (χ3n) is 7.12. The molecule has 0 saturated carbocycles. The summed E-state index contributed by atoms with van der Waals surface area (Å²) in [6.07, 6.45) is 6.49. The molecule has 4 aromatic heterocycles. The van der Waals surface area contributed by atoms with Crippen LogP contribution in [0.5, 0.6) is 17.5 Å². The molecule has 7 rings (SSSR count). The molecule has 0 saturated heterocycles. The van der Waals surface area contributed by atoms with E-state index in [0.717, 1.165) is 45.7 Å². The molecule has 6 aromatic rings. The minimum atomic E-state index is -0.199. The van der Waals surface area contributed by atoms with Crippen LogP contribution in [0, 0.1) is 6.92 Å². The van der Waals surface area contributed by atoms with Gasteiger partial charge in [-0.1, -0.05) is 43.3 Å². The minimum absolute atomic E-state index is 0.199. The Labute approximate surface area is 224 Å². The van der Waals surface area contributed by atoms with Crippen molar-refractivity contribution >= 4 is 5.65 Å². The van der Waals surface area contributed by atoms with E-state index in [-0.39, 0.29) is 5.92 Å². The van der Waals surface area contributed by atoms with E-state index in [2.05, 4.69) is 39.3 Å². The van der Waals surface area contributed by atoms with Gasteiger partial charge in [0.15, 0.2) is 11.5 Å². The van der Waals surface area contributed by atoms with Gasteiger partial charge in [-0.3, -0.25) is 9.78 Å². The van der Waals surface area contributed by atoms with E-state index in [1.165, 1.54) is 5.56 Å². The number of nitrogens with one attached hydrogen (secondary N) is 1. The van der Waals surface area contributed by atoms with Gasteiger partial charge in [-0.15, -0.1) is 10.2 Å². The van der Waals surface area contributed by atoms with Gasteiger partial charge in [0, 0.05) is 35.6 Å². The normalized spacial score (nSPS) is 14.2. The predicted octanol–water partition coefficient (Wildman–Crippen LogP) is 4.98. The fourth-order valence-electron chi connectivity index (χ4n) is 5.05. The second-order valence-corrected chi connectivity index (χ2v) is 9.70. The van der Waals surface area contributed by atoms with Gasteiger partial charge >= 0.3 is 0 Å². The van der Waals surface area contributed by atoms with Crippen molar-refractivity contribution < 1.29 is 9.47 Å². The lowest BCUT2D eigenvalue weighted by atomic mass is 9.86. The van der Waals surface area contributed by atoms with E-state index >= 15 is 0 Å². The Morgan fingerprint density at radius 2 is 1.79 bits per heavy atom. The highest BCUT2D eigenvalue weighted by Crippen LogP contribution is 2.48. The standard InChI is InChI=1S/C29H26N8O2/c1-4-18-7-11-22(12-8-18)38-15-19-5-9-20(10-6-19)26-32-27-25-24(21-13-31-36(3)14-21)23-17(2)33-34-29(23)39-28(25)30-16-37(27)35-26/h5-14,16,24H,4,15H2,1-3H3,(H,33,34). The predicted molar refractivity (Wildman–Crippen MR) is 144 cm³/mol. The van der Waals surface area contributed by atoms with Crippen molar-refractivity contribution in [3.63, 3.8) is 0 Å². The topological polar surface area (TPSA) is 108 Å². The Morgan fingerprint density at radius 1 is 1.00 bits per heavy atom. The number of fused-ring (bicyclic) bond motifs is 4. The molecule has 10 nitrogen and oxygen atoms in total. The molecule has 0 fully saturated rings. The zero-order chi connectivity index (χ0) is 26.5. The summed E-state index contributed by atoms with van der Waals surface area (Å²) in [5.74, 6) is 2.25. The number of rotatable bonds is 6. The van der Waals surface area contributed by atoms with Crippen LogP contribution < -0.4 is 9.47 Å². The molecular formula is C29H26N8O2. The van der Waals surface area contributed by atoms with Crippen LogP contribution in [-0.4, -0.2) is 39.6 Å². The number of aromatic nitrogens is 8. The number of aryl methyl sites for hydroxylation is 3. The lowest BCUT2D eigenvalue weighted by Gasteiger charge is -2.24. The van der Waals surface area contributed by atoms with E-state index in [0.29, 0.717) is 29.8 Å². The van der Waals surface area contributed by atoms with E-state index in [1.54, 1.807) is 15.5 Å². The zero-order valence-electron chi connectivity index (χ0n) is 21.8. The van der Waals surface area contributed by atoms with Crippen molar-refractivity contribution in [1.29, 1.82) is 0 Å². The maximum Gasteiger partial charge on any atom is 0.244 e. The summed E-state index contributed by atoms with van der Waals surface area (Å²) in [4.78, 5) is 9.51. The third kappa shape index (κ3) is 4.01. The first-order chi connectivity index (χ1) is 19.1. The van der Waals surface area contributed by atoms with Crippen LogP contribution >= 0.6 is 0 Å². The van der Waals surface area contributed by atoms with Crippen LogP contribution in [0.1, 0.15) is 46.4 Å². The SMILES string of the molecule is CCc1ccc(OCc2ccc(-c3nc4c5c(ncn4n3)Oc3n[nH]c(C)c3C5c3cnn(C)c3)cc2)cc1. The van der Waals surface area contributed by atoms with Crippen molar-refractivity contribution in [2.75, 3.05) is 0 Å². The van der Waals surface area contributed by atoms with E-state index < -0.39 is 0 Å². The summed E-state index contributed by atoms with van der Waals surface area (Å²) >= 11 is 0. The Balaban J connectivity index is 1.21. The van der Waals surface area contributed by atoms with Gasteiger partial charge in [-0.2, -0.15) is 5.10 Å². The highest BCUT2D eigenvalue weighted by Gasteiger charge is 2.37. The second-order valence-electron chi connectivity index (χ2n) is 9.70. The van der Waals surface area contributed by atoms with Gasteiger partial charge in [0.1, 0.15) is 18.7 Å². The van der Waals surface area contributed by atoms with Crippen molar-refractivity contribution in [2.24, 2.45) is 7.05 Å². The Hall–Kier alpha value is -4.99.